The summed E-state index contributed by atoms with van der Waals surface area (Å²) in [5.41, 5.74) is -0.0872. The number of ether oxygens (including phenoxy) is 1. The highest BCUT2D eigenvalue weighted by Gasteiger charge is 2.18. The van der Waals surface area contributed by atoms with Gasteiger partial charge >= 0.3 is 5.97 Å². The van der Waals surface area contributed by atoms with Crippen molar-refractivity contribution in [2.24, 2.45) is 0 Å². The first kappa shape index (κ1) is 19.5. The second-order valence-corrected chi connectivity index (χ2v) is 7.70. The van der Waals surface area contributed by atoms with Crippen LogP contribution in [0.3, 0.4) is 0 Å². The van der Waals surface area contributed by atoms with Crippen molar-refractivity contribution in [2.45, 2.75) is 11.3 Å². The number of sulfone groups is 1. The largest absolute Gasteiger partial charge is 0.493 e. The molecule has 1 N–H and O–H groups in total. The van der Waals surface area contributed by atoms with Gasteiger partial charge in [-0.3, -0.25) is 4.79 Å². The second-order valence-electron chi connectivity index (χ2n) is 5.68. The van der Waals surface area contributed by atoms with Gasteiger partial charge in [0.1, 0.15) is 12.0 Å². The molecule has 0 atom stereocenters. The second kappa shape index (κ2) is 8.05. The average Bonchev–Trinajstić information content (AvgIpc) is 3.07. The lowest BCUT2D eigenvalue weighted by Gasteiger charge is -2.15. The number of hydrogen-bond donors (Lipinski definition) is 1. The predicted molar refractivity (Wildman–Crippen MR) is 92.3 cm³/mol. The van der Waals surface area contributed by atoms with E-state index in [0.29, 0.717) is 18.7 Å². The van der Waals surface area contributed by atoms with Gasteiger partial charge in [0, 0.05) is 25.9 Å². The fraction of sp³-hybridized carbons (Fsp3) is 0.294. The molecule has 0 bridgehead atoms. The predicted octanol–water partition coefficient (Wildman–Crippen LogP) is 1.92. The zero-order valence-corrected chi connectivity index (χ0v) is 15.2. The third-order valence-electron chi connectivity index (χ3n) is 3.54. The summed E-state index contributed by atoms with van der Waals surface area (Å²) < 4.78 is 33.5. The molecule has 0 radical (unpaired) electrons. The summed E-state index contributed by atoms with van der Waals surface area (Å²) >= 11 is 0. The lowest BCUT2D eigenvalue weighted by molar-refractivity contribution is 0.0695. The third-order valence-corrected chi connectivity index (χ3v) is 4.65. The number of carboxylic acids is 1. The van der Waals surface area contributed by atoms with Gasteiger partial charge in [-0.25, -0.2) is 13.2 Å². The molecule has 0 spiro atoms. The van der Waals surface area contributed by atoms with E-state index in [9.17, 15) is 18.0 Å². The molecule has 0 saturated carbocycles. The van der Waals surface area contributed by atoms with Crippen molar-refractivity contribution in [2.75, 3.05) is 26.5 Å². The summed E-state index contributed by atoms with van der Waals surface area (Å²) in [7, 11) is -1.74. The topological polar surface area (TPSA) is 114 Å². The van der Waals surface area contributed by atoms with Gasteiger partial charge in [0.15, 0.2) is 15.6 Å². The van der Waals surface area contributed by atoms with E-state index >= 15 is 0 Å². The fourth-order valence-corrected chi connectivity index (χ4v) is 2.79. The number of amides is 1. The van der Waals surface area contributed by atoms with E-state index in [1.54, 1.807) is 19.2 Å². The Bertz CT molecular complexity index is 901. The summed E-state index contributed by atoms with van der Waals surface area (Å²) in [5, 5.41) is 8.83. The van der Waals surface area contributed by atoms with Crippen LogP contribution < -0.4 is 4.74 Å². The molecular weight excluding hydrogens is 362 g/mol. The maximum absolute atomic E-state index is 12.1. The molecule has 0 aliphatic rings. The van der Waals surface area contributed by atoms with Gasteiger partial charge in [-0.2, -0.15) is 0 Å². The van der Waals surface area contributed by atoms with Gasteiger partial charge in [0.2, 0.25) is 0 Å². The van der Waals surface area contributed by atoms with Crippen molar-refractivity contribution >= 4 is 21.7 Å². The van der Waals surface area contributed by atoms with E-state index in [0.717, 1.165) is 12.5 Å². The van der Waals surface area contributed by atoms with Crippen LogP contribution >= 0.6 is 0 Å². The molecule has 0 unspecified atom stereocenters. The van der Waals surface area contributed by atoms with Crippen molar-refractivity contribution < 1.29 is 32.3 Å². The molecule has 2 aromatic rings. The SMILES string of the molecule is CN(CCCOc1cccc(S(C)(=O)=O)c1)C(=O)c1cc(C(=O)O)co1. The Labute approximate surface area is 150 Å². The Kier molecular flexibility index (Phi) is 6.04. The number of carbonyl (C=O) groups excluding carboxylic acids is 1. The number of furan rings is 1. The number of rotatable bonds is 8. The lowest BCUT2D eigenvalue weighted by atomic mass is 10.3. The molecule has 1 aromatic heterocycles. The minimum Gasteiger partial charge on any atom is -0.493 e. The molecule has 0 aliphatic heterocycles. The van der Waals surface area contributed by atoms with Crippen LogP contribution in [0.4, 0.5) is 0 Å². The van der Waals surface area contributed by atoms with E-state index in [1.165, 1.54) is 23.1 Å². The highest BCUT2D eigenvalue weighted by atomic mass is 32.2. The van der Waals surface area contributed by atoms with Gasteiger partial charge in [0.05, 0.1) is 17.1 Å². The van der Waals surface area contributed by atoms with E-state index in [4.69, 9.17) is 14.3 Å². The van der Waals surface area contributed by atoms with Crippen molar-refractivity contribution in [3.05, 3.63) is 47.9 Å². The molecule has 1 aromatic carbocycles. The quantitative estimate of drug-likeness (QED) is 0.695. The van der Waals surface area contributed by atoms with Crippen LogP contribution in [0.5, 0.6) is 5.75 Å². The maximum atomic E-state index is 12.1. The number of carboxylic acid groups (broad SMARTS) is 1. The molecule has 1 amide bonds. The van der Waals surface area contributed by atoms with Crippen LogP contribution in [0.15, 0.2) is 45.9 Å². The number of benzene rings is 1. The molecule has 0 saturated heterocycles. The van der Waals surface area contributed by atoms with E-state index in [-0.39, 0.29) is 22.8 Å². The summed E-state index contributed by atoms with van der Waals surface area (Å²) in [6, 6.07) is 7.36. The third kappa shape index (κ3) is 5.09. The smallest absolute Gasteiger partial charge is 0.338 e. The summed E-state index contributed by atoms with van der Waals surface area (Å²) in [6.07, 6.45) is 2.64. The van der Waals surface area contributed by atoms with Crippen LogP contribution in [0, 0.1) is 0 Å². The minimum absolute atomic E-state index is 0.0494. The van der Waals surface area contributed by atoms with Crippen LogP contribution in [0.1, 0.15) is 27.3 Å². The van der Waals surface area contributed by atoms with Gasteiger partial charge in [0.25, 0.3) is 5.91 Å². The van der Waals surface area contributed by atoms with Gasteiger partial charge in [-0.15, -0.1) is 0 Å². The Morgan fingerprint density at radius 2 is 2.00 bits per heavy atom. The average molecular weight is 381 g/mol. The standard InChI is InChI=1S/C17H19NO7S/c1-18(16(19)15-9-12(11-25-15)17(20)21)7-4-8-24-13-5-3-6-14(10-13)26(2,22)23/h3,5-6,9-11H,4,7-8H2,1-2H3,(H,20,21). The highest BCUT2D eigenvalue weighted by molar-refractivity contribution is 7.90. The maximum Gasteiger partial charge on any atom is 0.338 e. The van der Waals surface area contributed by atoms with Crippen molar-refractivity contribution in [3.8, 4) is 5.75 Å². The zero-order chi connectivity index (χ0) is 19.3. The molecule has 1 heterocycles. The van der Waals surface area contributed by atoms with Crippen molar-refractivity contribution in [1.82, 2.24) is 4.90 Å². The zero-order valence-electron chi connectivity index (χ0n) is 14.3. The lowest BCUT2D eigenvalue weighted by Crippen LogP contribution is -2.28. The minimum atomic E-state index is -3.30. The number of carbonyl (C=O) groups is 2. The summed E-state index contributed by atoms with van der Waals surface area (Å²) in [6.45, 7) is 0.636. The molecule has 0 aliphatic carbocycles. The monoisotopic (exact) mass is 381 g/mol. The molecule has 9 heteroatoms. The molecule has 8 nitrogen and oxygen atoms in total. The van der Waals surface area contributed by atoms with Crippen LogP contribution in [0.2, 0.25) is 0 Å². The van der Waals surface area contributed by atoms with E-state index in [1.807, 2.05) is 0 Å². The van der Waals surface area contributed by atoms with Gasteiger partial charge in [-0.05, 0) is 24.6 Å². The number of nitrogens with zero attached hydrogens (tertiary/aromatic N) is 1. The Morgan fingerprint density at radius 1 is 1.27 bits per heavy atom. The number of aromatic carboxylic acids is 1. The van der Waals surface area contributed by atoms with E-state index in [2.05, 4.69) is 0 Å². The van der Waals surface area contributed by atoms with Crippen LogP contribution in [-0.4, -0.2) is 56.8 Å². The Hall–Kier alpha value is -2.81. The molecule has 0 fully saturated rings. The Morgan fingerprint density at radius 3 is 2.62 bits per heavy atom. The van der Waals surface area contributed by atoms with Crippen LogP contribution in [-0.2, 0) is 9.84 Å². The first-order valence-electron chi connectivity index (χ1n) is 7.68. The van der Waals surface area contributed by atoms with Gasteiger partial charge in [-0.1, -0.05) is 6.07 Å². The van der Waals surface area contributed by atoms with Gasteiger partial charge < -0.3 is 19.2 Å². The first-order chi connectivity index (χ1) is 12.2. The molecular formula is C17H19NO7S. The molecule has 26 heavy (non-hydrogen) atoms. The Balaban J connectivity index is 1.83. The number of hydrogen-bond acceptors (Lipinski definition) is 6. The van der Waals surface area contributed by atoms with E-state index < -0.39 is 21.7 Å². The normalized spacial score (nSPS) is 11.2. The molecule has 2 rings (SSSR count). The highest BCUT2D eigenvalue weighted by Crippen LogP contribution is 2.17. The van der Waals surface area contributed by atoms with Crippen molar-refractivity contribution in [1.29, 1.82) is 0 Å². The molecule has 140 valence electrons. The summed E-state index contributed by atoms with van der Waals surface area (Å²) in [4.78, 5) is 24.5. The summed E-state index contributed by atoms with van der Waals surface area (Å²) in [5.74, 6) is -1.22. The first-order valence-corrected chi connectivity index (χ1v) is 9.58. The fourth-order valence-electron chi connectivity index (χ4n) is 2.14. The van der Waals surface area contributed by atoms with Crippen molar-refractivity contribution in [3.63, 3.8) is 0 Å². The van der Waals surface area contributed by atoms with Crippen LogP contribution in [0.25, 0.3) is 0 Å².